The molecule has 16 heavy (non-hydrogen) atoms. The third kappa shape index (κ3) is 5.10. The number of nitrogens with one attached hydrogen (secondary N) is 1. The van der Waals surface area contributed by atoms with Crippen LogP contribution in [0.3, 0.4) is 0 Å². The lowest BCUT2D eigenvalue weighted by Crippen LogP contribution is -2.20. The normalized spacial score (nSPS) is 12.7. The fourth-order valence-electron chi connectivity index (χ4n) is 1.51. The summed E-state index contributed by atoms with van der Waals surface area (Å²) in [5.41, 5.74) is 1.32. The summed E-state index contributed by atoms with van der Waals surface area (Å²) in [5.74, 6) is 0. The lowest BCUT2D eigenvalue weighted by molar-refractivity contribution is 0.144. The highest BCUT2D eigenvalue weighted by Crippen LogP contribution is 2.16. The Balaban J connectivity index is 2.24. The maximum absolute atomic E-state index is 5.29. The molecular weight excluding hydrogens is 266 g/mol. The fourth-order valence-corrected chi connectivity index (χ4v) is 1.77. The molecule has 1 rings (SSSR count). The molecule has 0 spiro atoms. The van der Waals surface area contributed by atoms with Gasteiger partial charge in [-0.3, -0.25) is 0 Å². The van der Waals surface area contributed by atoms with Gasteiger partial charge < -0.3 is 10.1 Å². The highest BCUT2D eigenvalue weighted by atomic mass is 79.9. The summed E-state index contributed by atoms with van der Waals surface area (Å²) in [7, 11) is 0. The number of hydrogen-bond acceptors (Lipinski definition) is 2. The molecule has 0 aliphatic rings. The molecule has 0 bridgehead atoms. The minimum Gasteiger partial charge on any atom is -0.382 e. The van der Waals surface area contributed by atoms with Crippen molar-refractivity contribution >= 4 is 15.9 Å². The van der Waals surface area contributed by atoms with Gasteiger partial charge in [-0.25, -0.2) is 0 Å². The van der Waals surface area contributed by atoms with E-state index in [1.54, 1.807) is 0 Å². The zero-order chi connectivity index (χ0) is 11.8. The lowest BCUT2D eigenvalue weighted by atomic mass is 10.1. The molecule has 0 aliphatic heterocycles. The Hall–Kier alpha value is -0.380. The molecule has 0 heterocycles. The largest absolute Gasteiger partial charge is 0.382 e. The highest BCUT2D eigenvalue weighted by Gasteiger charge is 2.03. The molecule has 2 nitrogen and oxygen atoms in total. The van der Waals surface area contributed by atoms with E-state index in [9.17, 15) is 0 Å². The first-order chi connectivity index (χ1) is 7.74. The minimum atomic E-state index is 0.398. The van der Waals surface area contributed by atoms with E-state index in [0.717, 1.165) is 30.7 Å². The molecule has 0 saturated heterocycles. The van der Waals surface area contributed by atoms with Crippen LogP contribution >= 0.6 is 15.9 Å². The molecule has 1 aromatic carbocycles. The smallest absolute Gasteiger partial charge is 0.0477 e. The van der Waals surface area contributed by atoms with Gasteiger partial charge in [-0.05, 0) is 44.5 Å². The zero-order valence-electron chi connectivity index (χ0n) is 10.0. The summed E-state index contributed by atoms with van der Waals surface area (Å²) in [5, 5.41) is 3.48. The Kier molecular flexibility index (Phi) is 6.69. The number of benzene rings is 1. The van der Waals surface area contributed by atoms with Gasteiger partial charge in [0.25, 0.3) is 0 Å². The van der Waals surface area contributed by atoms with E-state index in [2.05, 4.69) is 52.4 Å². The monoisotopic (exact) mass is 285 g/mol. The Morgan fingerprint density at radius 2 is 2.00 bits per heavy atom. The molecule has 0 radical (unpaired) electrons. The average Bonchev–Trinajstić information content (AvgIpc) is 2.29. The second kappa shape index (κ2) is 7.82. The third-order valence-corrected chi connectivity index (χ3v) is 3.02. The zero-order valence-corrected chi connectivity index (χ0v) is 11.6. The first-order valence-corrected chi connectivity index (χ1v) is 6.60. The summed E-state index contributed by atoms with van der Waals surface area (Å²) in [4.78, 5) is 0. The predicted octanol–water partition coefficient (Wildman–Crippen LogP) is 3.53. The molecule has 0 fully saturated rings. The summed E-state index contributed by atoms with van der Waals surface area (Å²) in [6, 6.07) is 8.84. The standard InChI is InChI=1S/C13H20BrNO/c1-3-16-10-4-9-15-11(2)12-5-7-13(14)8-6-12/h5-8,11,15H,3-4,9-10H2,1-2H3. The number of halogens is 1. The van der Waals surface area contributed by atoms with Gasteiger partial charge in [0.15, 0.2) is 0 Å². The topological polar surface area (TPSA) is 21.3 Å². The quantitative estimate of drug-likeness (QED) is 0.774. The van der Waals surface area contributed by atoms with Gasteiger partial charge in [0, 0.05) is 23.7 Å². The second-order valence-corrected chi connectivity index (χ2v) is 4.69. The van der Waals surface area contributed by atoms with Crippen molar-refractivity contribution < 1.29 is 4.74 Å². The van der Waals surface area contributed by atoms with Crippen molar-refractivity contribution in [1.29, 1.82) is 0 Å². The van der Waals surface area contributed by atoms with E-state index in [0.29, 0.717) is 6.04 Å². The van der Waals surface area contributed by atoms with E-state index in [1.807, 2.05) is 6.92 Å². The predicted molar refractivity (Wildman–Crippen MR) is 71.7 cm³/mol. The Morgan fingerprint density at radius 3 is 2.62 bits per heavy atom. The van der Waals surface area contributed by atoms with Crippen LogP contribution in [-0.2, 0) is 4.74 Å². The van der Waals surface area contributed by atoms with Crippen molar-refractivity contribution in [1.82, 2.24) is 5.32 Å². The van der Waals surface area contributed by atoms with Gasteiger partial charge in [0.2, 0.25) is 0 Å². The minimum absolute atomic E-state index is 0.398. The first kappa shape index (κ1) is 13.7. The van der Waals surface area contributed by atoms with Gasteiger partial charge >= 0.3 is 0 Å². The van der Waals surface area contributed by atoms with E-state index in [-0.39, 0.29) is 0 Å². The van der Waals surface area contributed by atoms with Gasteiger partial charge in [-0.2, -0.15) is 0 Å². The van der Waals surface area contributed by atoms with Crippen LogP contribution < -0.4 is 5.32 Å². The lowest BCUT2D eigenvalue weighted by Gasteiger charge is -2.14. The summed E-state index contributed by atoms with van der Waals surface area (Å²) in [6.07, 6.45) is 1.06. The van der Waals surface area contributed by atoms with Crippen molar-refractivity contribution in [3.05, 3.63) is 34.3 Å². The van der Waals surface area contributed by atoms with Crippen LogP contribution in [0.4, 0.5) is 0 Å². The molecule has 1 N–H and O–H groups in total. The summed E-state index contributed by atoms with van der Waals surface area (Å²) >= 11 is 3.44. The van der Waals surface area contributed by atoms with Crippen LogP contribution in [0.25, 0.3) is 0 Å². The molecule has 90 valence electrons. The number of rotatable bonds is 7. The van der Waals surface area contributed by atoms with Gasteiger partial charge in [0.1, 0.15) is 0 Å². The van der Waals surface area contributed by atoms with Crippen LogP contribution in [0.15, 0.2) is 28.7 Å². The van der Waals surface area contributed by atoms with Gasteiger partial charge in [0.05, 0.1) is 0 Å². The van der Waals surface area contributed by atoms with Crippen LogP contribution in [-0.4, -0.2) is 19.8 Å². The molecule has 0 aromatic heterocycles. The van der Waals surface area contributed by atoms with Gasteiger partial charge in [-0.1, -0.05) is 28.1 Å². The number of ether oxygens (including phenoxy) is 1. The van der Waals surface area contributed by atoms with E-state index in [1.165, 1.54) is 5.56 Å². The average molecular weight is 286 g/mol. The summed E-state index contributed by atoms with van der Waals surface area (Å²) < 4.78 is 6.42. The maximum atomic E-state index is 5.29. The fraction of sp³-hybridized carbons (Fsp3) is 0.538. The third-order valence-electron chi connectivity index (χ3n) is 2.49. The first-order valence-electron chi connectivity index (χ1n) is 5.80. The molecule has 1 aromatic rings. The highest BCUT2D eigenvalue weighted by molar-refractivity contribution is 9.10. The second-order valence-electron chi connectivity index (χ2n) is 3.78. The Morgan fingerprint density at radius 1 is 1.31 bits per heavy atom. The summed E-state index contributed by atoms with van der Waals surface area (Å²) in [6.45, 7) is 6.86. The molecule has 3 heteroatoms. The molecular formula is C13H20BrNO. The molecule has 1 atom stereocenters. The van der Waals surface area contributed by atoms with E-state index in [4.69, 9.17) is 4.74 Å². The van der Waals surface area contributed by atoms with Crippen molar-refractivity contribution in [2.24, 2.45) is 0 Å². The van der Waals surface area contributed by atoms with Crippen molar-refractivity contribution in [3.8, 4) is 0 Å². The molecule has 0 aliphatic carbocycles. The van der Waals surface area contributed by atoms with Crippen LogP contribution in [0, 0.1) is 0 Å². The Bertz CT molecular complexity index is 286. The Labute approximate surface area is 107 Å². The van der Waals surface area contributed by atoms with Crippen molar-refractivity contribution in [3.63, 3.8) is 0 Å². The van der Waals surface area contributed by atoms with Crippen molar-refractivity contribution in [2.75, 3.05) is 19.8 Å². The number of hydrogen-bond donors (Lipinski definition) is 1. The molecule has 0 amide bonds. The maximum Gasteiger partial charge on any atom is 0.0477 e. The van der Waals surface area contributed by atoms with Crippen molar-refractivity contribution in [2.45, 2.75) is 26.3 Å². The molecule has 0 saturated carbocycles. The molecule has 1 unspecified atom stereocenters. The van der Waals surface area contributed by atoms with E-state index >= 15 is 0 Å². The van der Waals surface area contributed by atoms with Gasteiger partial charge in [-0.15, -0.1) is 0 Å². The van der Waals surface area contributed by atoms with Crippen LogP contribution in [0.2, 0.25) is 0 Å². The van der Waals surface area contributed by atoms with Crippen LogP contribution in [0.1, 0.15) is 31.9 Å². The van der Waals surface area contributed by atoms with E-state index < -0.39 is 0 Å². The SMILES string of the molecule is CCOCCCNC(C)c1ccc(Br)cc1. The van der Waals surface area contributed by atoms with Crippen LogP contribution in [0.5, 0.6) is 0 Å².